The van der Waals surface area contributed by atoms with Crippen molar-refractivity contribution < 1.29 is 22.7 Å². The van der Waals surface area contributed by atoms with Crippen molar-refractivity contribution >= 4 is 33.2 Å². The van der Waals surface area contributed by atoms with Crippen molar-refractivity contribution in [2.75, 3.05) is 26.1 Å². The monoisotopic (exact) mass is 474 g/mol. The van der Waals surface area contributed by atoms with Crippen LogP contribution in [0.5, 0.6) is 11.5 Å². The highest BCUT2D eigenvalue weighted by Crippen LogP contribution is 2.26. The molecule has 0 saturated heterocycles. The molecular weight excluding hydrogens is 452 g/mol. The number of carbonyl (C=O) groups excluding carboxylic acids is 1. The number of carbonyl (C=O) groups is 1. The first kappa shape index (κ1) is 23.6. The van der Waals surface area contributed by atoms with Crippen LogP contribution in [0.15, 0.2) is 77.7 Å². The van der Waals surface area contributed by atoms with Crippen molar-refractivity contribution in [3.05, 3.63) is 83.4 Å². The van der Waals surface area contributed by atoms with E-state index in [4.69, 9.17) is 21.1 Å². The van der Waals surface area contributed by atoms with Crippen molar-refractivity contribution in [1.29, 1.82) is 0 Å². The maximum Gasteiger partial charge on any atom is 0.243 e. The minimum atomic E-state index is -4.00. The molecule has 32 heavy (non-hydrogen) atoms. The first-order valence-electron chi connectivity index (χ1n) is 9.64. The van der Waals surface area contributed by atoms with Gasteiger partial charge in [-0.25, -0.2) is 8.42 Å². The fraction of sp³-hybridized carbons (Fsp3) is 0.174. The van der Waals surface area contributed by atoms with E-state index in [2.05, 4.69) is 5.32 Å². The molecule has 0 atom stereocenters. The maximum atomic E-state index is 13.3. The van der Waals surface area contributed by atoms with E-state index in [0.29, 0.717) is 22.2 Å². The summed E-state index contributed by atoms with van der Waals surface area (Å²) >= 11 is 6.00. The third kappa shape index (κ3) is 6.00. The Morgan fingerprint density at radius 3 is 2.19 bits per heavy atom. The highest BCUT2D eigenvalue weighted by molar-refractivity contribution is 7.89. The summed E-state index contributed by atoms with van der Waals surface area (Å²) in [5.74, 6) is 0.474. The average Bonchev–Trinajstić information content (AvgIpc) is 2.79. The number of nitrogens with zero attached hydrogens (tertiary/aromatic N) is 1. The minimum Gasteiger partial charge on any atom is -0.497 e. The molecule has 0 radical (unpaired) electrons. The molecule has 0 saturated carbocycles. The zero-order valence-corrected chi connectivity index (χ0v) is 19.2. The number of hydrogen-bond acceptors (Lipinski definition) is 5. The minimum absolute atomic E-state index is 0.0109. The molecule has 3 aromatic carbocycles. The van der Waals surface area contributed by atoms with E-state index in [9.17, 15) is 13.2 Å². The van der Waals surface area contributed by atoms with E-state index < -0.39 is 22.5 Å². The molecule has 7 nitrogen and oxygen atoms in total. The molecule has 1 N–H and O–H groups in total. The van der Waals surface area contributed by atoms with Gasteiger partial charge in [0.1, 0.15) is 11.5 Å². The fourth-order valence-corrected chi connectivity index (χ4v) is 4.72. The first-order chi connectivity index (χ1) is 15.3. The molecule has 0 spiro atoms. The molecule has 0 bridgehead atoms. The van der Waals surface area contributed by atoms with Gasteiger partial charge in [-0.3, -0.25) is 4.79 Å². The van der Waals surface area contributed by atoms with Crippen LogP contribution in [0, 0.1) is 0 Å². The first-order valence-corrected chi connectivity index (χ1v) is 11.5. The summed E-state index contributed by atoms with van der Waals surface area (Å²) in [6.07, 6.45) is 0. The van der Waals surface area contributed by atoms with Gasteiger partial charge in [0, 0.05) is 35.5 Å². The van der Waals surface area contributed by atoms with Gasteiger partial charge in [0.05, 0.1) is 25.7 Å². The van der Waals surface area contributed by atoms with Gasteiger partial charge in [-0.15, -0.1) is 0 Å². The van der Waals surface area contributed by atoms with Gasteiger partial charge in [-0.1, -0.05) is 48.0 Å². The molecule has 0 aliphatic rings. The van der Waals surface area contributed by atoms with Crippen LogP contribution in [0.1, 0.15) is 5.56 Å². The van der Waals surface area contributed by atoms with E-state index in [1.807, 2.05) is 18.2 Å². The van der Waals surface area contributed by atoms with Crippen LogP contribution in [0.25, 0.3) is 0 Å². The molecule has 3 aromatic rings. The average molecular weight is 475 g/mol. The van der Waals surface area contributed by atoms with E-state index in [-0.39, 0.29) is 11.4 Å². The van der Waals surface area contributed by atoms with Crippen LogP contribution in [-0.4, -0.2) is 39.4 Å². The zero-order valence-electron chi connectivity index (χ0n) is 17.6. The summed E-state index contributed by atoms with van der Waals surface area (Å²) in [4.78, 5) is 12.8. The number of methoxy groups -OCH3 is 2. The summed E-state index contributed by atoms with van der Waals surface area (Å²) in [7, 11) is -0.997. The lowest BCUT2D eigenvalue weighted by Crippen LogP contribution is -2.37. The van der Waals surface area contributed by atoms with Gasteiger partial charge >= 0.3 is 0 Å². The Labute approximate surface area is 192 Å². The van der Waals surface area contributed by atoms with Crippen molar-refractivity contribution in [3.63, 3.8) is 0 Å². The molecule has 0 fully saturated rings. The second-order valence-electron chi connectivity index (χ2n) is 6.87. The highest BCUT2D eigenvalue weighted by Gasteiger charge is 2.27. The molecule has 0 aromatic heterocycles. The zero-order chi connectivity index (χ0) is 23.1. The number of halogens is 1. The predicted molar refractivity (Wildman–Crippen MR) is 124 cm³/mol. The highest BCUT2D eigenvalue weighted by atomic mass is 35.5. The van der Waals surface area contributed by atoms with Crippen LogP contribution in [0.3, 0.4) is 0 Å². The van der Waals surface area contributed by atoms with Gasteiger partial charge in [0.15, 0.2) is 0 Å². The van der Waals surface area contributed by atoms with E-state index in [1.165, 1.54) is 26.4 Å². The standard InChI is InChI=1S/C23H23ClN2O5S/c1-30-20-12-19(13-21(14-20)31-2)25-23(27)16-26(15-17-7-4-3-5-8-17)32(28,29)22-10-6-9-18(24)11-22/h3-14H,15-16H2,1-2H3,(H,25,27). The largest absolute Gasteiger partial charge is 0.497 e. The molecule has 0 aliphatic heterocycles. The van der Waals surface area contributed by atoms with Gasteiger partial charge < -0.3 is 14.8 Å². The number of nitrogens with one attached hydrogen (secondary N) is 1. The van der Waals surface area contributed by atoms with Crippen LogP contribution < -0.4 is 14.8 Å². The van der Waals surface area contributed by atoms with Gasteiger partial charge in [-0.05, 0) is 23.8 Å². The summed E-state index contributed by atoms with van der Waals surface area (Å²) in [6.45, 7) is -0.381. The Morgan fingerprint density at radius 1 is 0.938 bits per heavy atom. The van der Waals surface area contributed by atoms with E-state index >= 15 is 0 Å². The number of sulfonamides is 1. The molecule has 3 rings (SSSR count). The number of ether oxygens (including phenoxy) is 2. The maximum absolute atomic E-state index is 13.3. The van der Waals surface area contributed by atoms with E-state index in [0.717, 1.165) is 9.87 Å². The third-order valence-electron chi connectivity index (χ3n) is 4.59. The normalized spacial score (nSPS) is 11.2. The molecular formula is C23H23ClN2O5S. The van der Waals surface area contributed by atoms with Crippen LogP contribution >= 0.6 is 11.6 Å². The molecule has 9 heteroatoms. The molecule has 0 aliphatic carbocycles. The Kier molecular flexibility index (Phi) is 7.74. The topological polar surface area (TPSA) is 84.9 Å². The van der Waals surface area contributed by atoms with Gasteiger partial charge in [-0.2, -0.15) is 4.31 Å². The second-order valence-corrected chi connectivity index (χ2v) is 9.24. The van der Waals surface area contributed by atoms with Gasteiger partial charge in [0.2, 0.25) is 15.9 Å². The number of amides is 1. The van der Waals surface area contributed by atoms with E-state index in [1.54, 1.807) is 42.5 Å². The van der Waals surface area contributed by atoms with Crippen LogP contribution in [0.2, 0.25) is 5.02 Å². The Balaban J connectivity index is 1.88. The molecule has 0 unspecified atom stereocenters. The summed E-state index contributed by atoms with van der Waals surface area (Å²) in [6, 6.07) is 19.9. The second kappa shape index (κ2) is 10.5. The predicted octanol–water partition coefficient (Wildman–Crippen LogP) is 4.19. The smallest absolute Gasteiger partial charge is 0.243 e. The molecule has 168 valence electrons. The Hall–Kier alpha value is -3.07. The molecule has 0 heterocycles. The van der Waals surface area contributed by atoms with Crippen molar-refractivity contribution in [2.45, 2.75) is 11.4 Å². The number of rotatable bonds is 9. The number of hydrogen-bond donors (Lipinski definition) is 1. The van der Waals surface area contributed by atoms with Crippen molar-refractivity contribution in [1.82, 2.24) is 4.31 Å². The Bertz CT molecular complexity index is 1160. The summed E-state index contributed by atoms with van der Waals surface area (Å²) < 4.78 is 38.2. The lowest BCUT2D eigenvalue weighted by molar-refractivity contribution is -0.116. The van der Waals surface area contributed by atoms with Crippen LogP contribution in [0.4, 0.5) is 5.69 Å². The third-order valence-corrected chi connectivity index (χ3v) is 6.61. The fourth-order valence-electron chi connectivity index (χ4n) is 3.03. The van der Waals surface area contributed by atoms with Gasteiger partial charge in [0.25, 0.3) is 0 Å². The van der Waals surface area contributed by atoms with Crippen molar-refractivity contribution in [2.24, 2.45) is 0 Å². The summed E-state index contributed by atoms with van der Waals surface area (Å²) in [5, 5.41) is 3.00. The lowest BCUT2D eigenvalue weighted by atomic mass is 10.2. The summed E-state index contributed by atoms with van der Waals surface area (Å²) in [5.41, 5.74) is 1.17. The number of benzene rings is 3. The van der Waals surface area contributed by atoms with Crippen LogP contribution in [-0.2, 0) is 21.4 Å². The number of anilines is 1. The Morgan fingerprint density at radius 2 is 1.59 bits per heavy atom. The lowest BCUT2D eigenvalue weighted by Gasteiger charge is -2.22. The quantitative estimate of drug-likeness (QED) is 0.502. The molecule has 1 amide bonds. The SMILES string of the molecule is COc1cc(NC(=O)CN(Cc2ccccc2)S(=O)(=O)c2cccc(Cl)c2)cc(OC)c1. The van der Waals surface area contributed by atoms with Crippen molar-refractivity contribution in [3.8, 4) is 11.5 Å².